The molecule has 158 valence electrons. The summed E-state index contributed by atoms with van der Waals surface area (Å²) in [7, 11) is 0. The number of Topliss-reactive ketones (excluding diaryl/α,β-unsaturated/α-hetero) is 2. The Kier molecular flexibility index (Phi) is 7.51. The average Bonchev–Trinajstić information content (AvgIpc) is 2.71. The third kappa shape index (κ3) is 5.16. The van der Waals surface area contributed by atoms with Crippen LogP contribution < -0.4 is 5.32 Å². The van der Waals surface area contributed by atoms with Crippen LogP contribution in [0.3, 0.4) is 0 Å². The molecule has 4 nitrogen and oxygen atoms in total. The number of dihydropyridines is 1. The van der Waals surface area contributed by atoms with E-state index < -0.39 is 5.92 Å². The predicted molar refractivity (Wildman–Crippen MR) is 127 cm³/mol. The summed E-state index contributed by atoms with van der Waals surface area (Å²) in [6.07, 6.45) is 0. The first-order valence-corrected chi connectivity index (χ1v) is 11.3. The fourth-order valence-corrected chi connectivity index (χ4v) is 5.03. The van der Waals surface area contributed by atoms with E-state index in [1.54, 1.807) is 43.3 Å². The minimum Gasteiger partial charge on any atom is -0.353 e. The lowest BCUT2D eigenvalue weighted by Gasteiger charge is -2.29. The van der Waals surface area contributed by atoms with Crippen LogP contribution in [0.5, 0.6) is 0 Å². The van der Waals surface area contributed by atoms with E-state index in [4.69, 9.17) is 34.8 Å². The zero-order valence-electron chi connectivity index (χ0n) is 16.6. The monoisotopic (exact) mass is 490 g/mol. The average molecular weight is 492 g/mol. The highest BCUT2D eigenvalue weighted by Gasteiger charge is 2.33. The molecule has 0 unspecified atom stereocenters. The molecular formula is C23H17Cl3N2O2S. The Morgan fingerprint density at radius 1 is 1.10 bits per heavy atom. The summed E-state index contributed by atoms with van der Waals surface area (Å²) in [6, 6.07) is 14.0. The first-order valence-electron chi connectivity index (χ1n) is 9.22. The Labute approximate surface area is 199 Å². The van der Waals surface area contributed by atoms with Crippen molar-refractivity contribution in [3.63, 3.8) is 0 Å². The zero-order chi connectivity index (χ0) is 22.7. The van der Waals surface area contributed by atoms with Gasteiger partial charge in [-0.25, -0.2) is 0 Å². The van der Waals surface area contributed by atoms with Gasteiger partial charge < -0.3 is 5.32 Å². The van der Waals surface area contributed by atoms with Gasteiger partial charge in [0.15, 0.2) is 11.6 Å². The van der Waals surface area contributed by atoms with Crippen molar-refractivity contribution in [2.75, 3.05) is 5.75 Å². The summed E-state index contributed by atoms with van der Waals surface area (Å²) in [6.45, 7) is 3.26. The van der Waals surface area contributed by atoms with Gasteiger partial charge in [-0.2, -0.15) is 5.26 Å². The quantitative estimate of drug-likeness (QED) is 0.464. The molecule has 0 fully saturated rings. The van der Waals surface area contributed by atoms with Crippen molar-refractivity contribution in [3.05, 3.63) is 90.5 Å². The summed E-state index contributed by atoms with van der Waals surface area (Å²) in [5, 5.41) is 14.9. The molecule has 1 heterocycles. The molecule has 0 spiro atoms. The van der Waals surface area contributed by atoms with E-state index in [-0.39, 0.29) is 22.3 Å². The van der Waals surface area contributed by atoms with Gasteiger partial charge in [-0.3, -0.25) is 9.59 Å². The topological polar surface area (TPSA) is 70.0 Å². The number of carbonyl (C=O) groups is 2. The standard InChI is InChI=1S/C23H17Cl3N2O2S/c1-12-21(13(2)29)22(14-3-5-15(24)6-4-14)18(10-27)23(28-12)31-11-20(30)17-8-7-16(25)9-19(17)26/h3-9,22,28H,11H2,1-2H3/t22-/m0/s1. The Hall–Kier alpha value is -2.23. The number of rotatable bonds is 6. The van der Waals surface area contributed by atoms with Crippen molar-refractivity contribution < 1.29 is 9.59 Å². The highest BCUT2D eigenvalue weighted by Crippen LogP contribution is 2.41. The van der Waals surface area contributed by atoms with E-state index >= 15 is 0 Å². The maximum atomic E-state index is 12.7. The molecule has 1 aliphatic rings. The highest BCUT2D eigenvalue weighted by molar-refractivity contribution is 8.03. The molecule has 1 N–H and O–H groups in total. The van der Waals surface area contributed by atoms with Crippen molar-refractivity contribution in [1.82, 2.24) is 5.32 Å². The molecule has 31 heavy (non-hydrogen) atoms. The second-order valence-corrected chi connectivity index (χ2v) is 9.16. The van der Waals surface area contributed by atoms with Gasteiger partial charge in [0.2, 0.25) is 0 Å². The summed E-state index contributed by atoms with van der Waals surface area (Å²) in [5.74, 6) is -0.811. The number of nitrogens with one attached hydrogen (secondary N) is 1. The van der Waals surface area contributed by atoms with Crippen molar-refractivity contribution in [1.29, 1.82) is 5.26 Å². The second kappa shape index (κ2) is 9.93. The van der Waals surface area contributed by atoms with Crippen LogP contribution in [-0.4, -0.2) is 17.3 Å². The molecule has 0 saturated carbocycles. The maximum absolute atomic E-state index is 12.7. The van der Waals surface area contributed by atoms with Gasteiger partial charge in [0.05, 0.1) is 33.4 Å². The van der Waals surface area contributed by atoms with Gasteiger partial charge in [0, 0.05) is 26.9 Å². The van der Waals surface area contributed by atoms with Gasteiger partial charge in [-0.05, 0) is 49.7 Å². The SMILES string of the molecule is CC(=O)C1=C(C)NC(SCC(=O)c2ccc(Cl)cc2Cl)=C(C#N)[C@@H]1c1ccc(Cl)cc1. The zero-order valence-corrected chi connectivity index (χ0v) is 19.7. The number of nitriles is 1. The van der Waals surface area contributed by atoms with E-state index in [2.05, 4.69) is 11.4 Å². The van der Waals surface area contributed by atoms with E-state index in [0.717, 1.165) is 5.56 Å². The van der Waals surface area contributed by atoms with Crippen LogP contribution >= 0.6 is 46.6 Å². The van der Waals surface area contributed by atoms with Crippen LogP contribution in [0.1, 0.15) is 35.7 Å². The lowest BCUT2D eigenvalue weighted by atomic mass is 9.81. The molecule has 1 aliphatic heterocycles. The van der Waals surface area contributed by atoms with Crippen LogP contribution in [0.25, 0.3) is 0 Å². The van der Waals surface area contributed by atoms with Crippen molar-refractivity contribution in [2.24, 2.45) is 0 Å². The molecule has 0 saturated heterocycles. The second-order valence-electron chi connectivity index (χ2n) is 6.90. The fraction of sp³-hybridized carbons (Fsp3) is 0.174. The molecule has 0 radical (unpaired) electrons. The van der Waals surface area contributed by atoms with Crippen molar-refractivity contribution in [2.45, 2.75) is 19.8 Å². The number of carbonyl (C=O) groups excluding carboxylic acids is 2. The lowest BCUT2D eigenvalue weighted by Crippen LogP contribution is -2.27. The Balaban J connectivity index is 1.95. The minimum atomic E-state index is -0.544. The first kappa shape index (κ1) is 23.4. The number of thioether (sulfide) groups is 1. The number of benzene rings is 2. The maximum Gasteiger partial charge on any atom is 0.174 e. The molecule has 1 atom stereocenters. The smallest absolute Gasteiger partial charge is 0.174 e. The van der Waals surface area contributed by atoms with Gasteiger partial charge >= 0.3 is 0 Å². The number of ketones is 2. The van der Waals surface area contributed by atoms with E-state index in [1.807, 2.05) is 0 Å². The molecule has 0 bridgehead atoms. The van der Waals surface area contributed by atoms with Crippen LogP contribution in [0.15, 0.2) is 64.3 Å². The molecule has 0 amide bonds. The summed E-state index contributed by atoms with van der Waals surface area (Å²) in [4.78, 5) is 25.1. The highest BCUT2D eigenvalue weighted by atomic mass is 35.5. The van der Waals surface area contributed by atoms with Crippen molar-refractivity contribution >= 4 is 58.1 Å². The van der Waals surface area contributed by atoms with Crippen LogP contribution in [0, 0.1) is 11.3 Å². The van der Waals surface area contributed by atoms with Gasteiger partial charge in [0.25, 0.3) is 0 Å². The number of nitrogens with zero attached hydrogens (tertiary/aromatic N) is 1. The Bertz CT molecular complexity index is 1160. The molecule has 0 aromatic heterocycles. The van der Waals surface area contributed by atoms with Gasteiger partial charge in [-0.1, -0.05) is 58.7 Å². The molecular weight excluding hydrogens is 475 g/mol. The summed E-state index contributed by atoms with van der Waals surface area (Å²) < 4.78 is 0. The van der Waals surface area contributed by atoms with Crippen molar-refractivity contribution in [3.8, 4) is 6.07 Å². The predicted octanol–water partition coefficient (Wildman–Crippen LogP) is 6.55. The van der Waals surface area contributed by atoms with Crippen LogP contribution in [0.4, 0.5) is 0 Å². The third-order valence-electron chi connectivity index (χ3n) is 4.81. The number of halogens is 3. The minimum absolute atomic E-state index is 0.0604. The van der Waals surface area contributed by atoms with Crippen LogP contribution in [0.2, 0.25) is 15.1 Å². The molecule has 8 heteroatoms. The Morgan fingerprint density at radius 3 is 2.32 bits per heavy atom. The summed E-state index contributed by atoms with van der Waals surface area (Å²) >= 11 is 19.3. The lowest BCUT2D eigenvalue weighted by molar-refractivity contribution is -0.113. The van der Waals surface area contributed by atoms with E-state index in [9.17, 15) is 14.9 Å². The van der Waals surface area contributed by atoms with Gasteiger partial charge in [-0.15, -0.1) is 0 Å². The normalized spacial score (nSPS) is 16.1. The number of allylic oxidation sites excluding steroid dienone is 3. The molecule has 3 rings (SSSR count). The summed E-state index contributed by atoms with van der Waals surface area (Å²) in [5.41, 5.74) is 2.66. The molecule has 2 aromatic rings. The molecule has 0 aliphatic carbocycles. The first-order chi connectivity index (χ1) is 14.7. The van der Waals surface area contributed by atoms with E-state index in [0.29, 0.717) is 37.5 Å². The number of hydrogen-bond acceptors (Lipinski definition) is 5. The van der Waals surface area contributed by atoms with Crippen LogP contribution in [-0.2, 0) is 4.79 Å². The third-order valence-corrected chi connectivity index (χ3v) is 6.63. The largest absolute Gasteiger partial charge is 0.353 e. The Morgan fingerprint density at radius 2 is 1.74 bits per heavy atom. The van der Waals surface area contributed by atoms with E-state index in [1.165, 1.54) is 24.8 Å². The molecule has 2 aromatic carbocycles. The van der Waals surface area contributed by atoms with Gasteiger partial charge in [0.1, 0.15) is 0 Å². The number of hydrogen-bond donors (Lipinski definition) is 1. The fourth-order valence-electron chi connectivity index (χ4n) is 3.41.